The molecular weight excluding hydrogens is 354 g/mol. The molecular formula is C21H23N5O2. The van der Waals surface area contributed by atoms with Gasteiger partial charge in [0.1, 0.15) is 11.4 Å². The Labute approximate surface area is 163 Å². The summed E-state index contributed by atoms with van der Waals surface area (Å²) in [5.41, 5.74) is 1.55. The molecule has 0 radical (unpaired) electrons. The van der Waals surface area contributed by atoms with Crippen molar-refractivity contribution in [3.63, 3.8) is 0 Å². The third kappa shape index (κ3) is 3.24. The van der Waals surface area contributed by atoms with E-state index in [9.17, 15) is 9.59 Å². The van der Waals surface area contributed by atoms with Crippen LogP contribution in [0.1, 0.15) is 52.5 Å². The van der Waals surface area contributed by atoms with Crippen LogP contribution in [-0.4, -0.2) is 25.2 Å². The van der Waals surface area contributed by atoms with E-state index in [1.165, 1.54) is 0 Å². The number of aromatic nitrogens is 4. The summed E-state index contributed by atoms with van der Waals surface area (Å²) in [5, 5.41) is 11.1. The minimum Gasteiger partial charge on any atom is -0.345 e. The summed E-state index contributed by atoms with van der Waals surface area (Å²) < 4.78 is 3.64. The number of nitrogens with one attached hydrogen (secondary N) is 1. The van der Waals surface area contributed by atoms with Gasteiger partial charge in [0.25, 0.3) is 11.5 Å². The predicted octanol–water partition coefficient (Wildman–Crippen LogP) is 2.23. The highest BCUT2D eigenvalue weighted by Crippen LogP contribution is 2.17. The van der Waals surface area contributed by atoms with Crippen LogP contribution in [0.2, 0.25) is 0 Å². The van der Waals surface area contributed by atoms with Crippen LogP contribution in [0.25, 0.3) is 0 Å². The molecule has 28 heavy (non-hydrogen) atoms. The van der Waals surface area contributed by atoms with E-state index in [0.29, 0.717) is 5.56 Å². The number of pyridine rings is 1. The summed E-state index contributed by atoms with van der Waals surface area (Å²) >= 11 is 0. The van der Waals surface area contributed by atoms with E-state index in [-0.39, 0.29) is 29.6 Å². The fourth-order valence-corrected chi connectivity index (χ4v) is 3.70. The van der Waals surface area contributed by atoms with Gasteiger partial charge in [0.05, 0.1) is 12.6 Å². The van der Waals surface area contributed by atoms with Gasteiger partial charge in [-0.1, -0.05) is 30.3 Å². The van der Waals surface area contributed by atoms with Gasteiger partial charge < -0.3 is 14.5 Å². The molecule has 3 heterocycles. The lowest BCUT2D eigenvalue weighted by Crippen LogP contribution is -2.35. The third-order valence-corrected chi connectivity index (χ3v) is 5.35. The molecule has 0 bridgehead atoms. The molecule has 1 atom stereocenters. The molecule has 3 aromatic rings. The molecule has 2 aromatic heterocycles. The maximum Gasteiger partial charge on any atom is 0.264 e. The lowest BCUT2D eigenvalue weighted by atomic mass is 10.1. The molecule has 0 saturated carbocycles. The van der Waals surface area contributed by atoms with Gasteiger partial charge in [-0.15, -0.1) is 10.2 Å². The van der Waals surface area contributed by atoms with Crippen molar-refractivity contribution >= 4 is 5.91 Å². The molecule has 0 saturated heterocycles. The Morgan fingerprint density at radius 2 is 2.00 bits per heavy atom. The number of nitrogens with zero attached hydrogens (tertiary/aromatic N) is 4. The second-order valence-electron chi connectivity index (χ2n) is 7.14. The average molecular weight is 377 g/mol. The fraction of sp³-hybridized carbons (Fsp3) is 0.333. The van der Waals surface area contributed by atoms with Gasteiger partial charge >= 0.3 is 0 Å². The van der Waals surface area contributed by atoms with Crippen LogP contribution in [0.3, 0.4) is 0 Å². The summed E-state index contributed by atoms with van der Waals surface area (Å²) in [6.45, 7) is 4.86. The molecule has 1 aromatic carbocycles. The first-order chi connectivity index (χ1) is 13.6. The second kappa shape index (κ2) is 7.42. The number of aryl methyl sites for hydroxylation is 2. The topological polar surface area (TPSA) is 81.8 Å². The predicted molar refractivity (Wildman–Crippen MR) is 105 cm³/mol. The van der Waals surface area contributed by atoms with E-state index in [4.69, 9.17) is 0 Å². The zero-order chi connectivity index (χ0) is 19.7. The van der Waals surface area contributed by atoms with E-state index < -0.39 is 0 Å². The summed E-state index contributed by atoms with van der Waals surface area (Å²) in [5.74, 6) is 1.30. The van der Waals surface area contributed by atoms with Gasteiger partial charge in [0.2, 0.25) is 0 Å². The van der Waals surface area contributed by atoms with Crippen molar-refractivity contribution in [3.8, 4) is 0 Å². The summed E-state index contributed by atoms with van der Waals surface area (Å²) in [6.07, 6.45) is 3.71. The number of amides is 1. The van der Waals surface area contributed by atoms with E-state index >= 15 is 0 Å². The minimum absolute atomic E-state index is 0.166. The van der Waals surface area contributed by atoms with Crippen LogP contribution in [0.4, 0.5) is 0 Å². The largest absolute Gasteiger partial charge is 0.345 e. The van der Waals surface area contributed by atoms with Crippen LogP contribution in [0.15, 0.2) is 47.4 Å². The van der Waals surface area contributed by atoms with Crippen LogP contribution in [0.5, 0.6) is 0 Å². The van der Waals surface area contributed by atoms with Gasteiger partial charge in [-0.25, -0.2) is 0 Å². The lowest BCUT2D eigenvalue weighted by Gasteiger charge is -2.17. The Balaban J connectivity index is 1.58. The maximum atomic E-state index is 13.1. The molecule has 1 N–H and O–H groups in total. The summed E-state index contributed by atoms with van der Waals surface area (Å²) in [7, 11) is 0. The second-order valence-corrected chi connectivity index (χ2v) is 7.14. The van der Waals surface area contributed by atoms with Crippen molar-refractivity contribution in [1.29, 1.82) is 0 Å². The number of fused-ring (bicyclic) bond motifs is 1. The van der Waals surface area contributed by atoms with Crippen LogP contribution in [0, 0.1) is 6.92 Å². The van der Waals surface area contributed by atoms with Crippen LogP contribution < -0.4 is 10.9 Å². The third-order valence-electron chi connectivity index (χ3n) is 5.35. The van der Waals surface area contributed by atoms with Crippen molar-refractivity contribution in [2.75, 3.05) is 0 Å². The van der Waals surface area contributed by atoms with E-state index in [0.717, 1.165) is 36.6 Å². The molecule has 0 aliphatic carbocycles. The Morgan fingerprint density at radius 3 is 2.79 bits per heavy atom. The van der Waals surface area contributed by atoms with Crippen LogP contribution in [-0.2, 0) is 19.5 Å². The van der Waals surface area contributed by atoms with E-state index in [1.54, 1.807) is 17.7 Å². The molecule has 7 heteroatoms. The standard InChI is InChI=1S/C21H23N5O2/c1-14-10-12-25(15(2)16-7-4-3-5-8-16)21(28)19(14)20(27)22-13-18-24-23-17-9-6-11-26(17)18/h3-5,7-8,10,12,15H,6,9,11,13H2,1-2H3,(H,22,27). The zero-order valence-electron chi connectivity index (χ0n) is 16.1. The average Bonchev–Trinajstić information content (AvgIpc) is 3.31. The molecule has 1 amide bonds. The molecule has 1 aliphatic rings. The maximum absolute atomic E-state index is 13.1. The number of carbonyl (C=O) groups is 1. The molecule has 1 aliphatic heterocycles. The Hall–Kier alpha value is -3.22. The number of hydrogen-bond donors (Lipinski definition) is 1. The van der Waals surface area contributed by atoms with Crippen molar-refractivity contribution in [2.24, 2.45) is 0 Å². The van der Waals surface area contributed by atoms with E-state index in [2.05, 4.69) is 15.5 Å². The highest BCUT2D eigenvalue weighted by atomic mass is 16.2. The van der Waals surface area contributed by atoms with Crippen molar-refractivity contribution in [1.82, 2.24) is 24.6 Å². The van der Waals surface area contributed by atoms with Gasteiger partial charge in [0, 0.05) is 19.2 Å². The van der Waals surface area contributed by atoms with Gasteiger partial charge in [0.15, 0.2) is 5.82 Å². The van der Waals surface area contributed by atoms with Crippen molar-refractivity contribution < 1.29 is 4.79 Å². The number of benzene rings is 1. The molecule has 144 valence electrons. The molecule has 7 nitrogen and oxygen atoms in total. The Kier molecular flexibility index (Phi) is 4.81. The van der Waals surface area contributed by atoms with Crippen molar-refractivity contribution in [3.05, 3.63) is 81.3 Å². The summed E-state index contributed by atoms with van der Waals surface area (Å²) in [4.78, 5) is 25.9. The number of hydrogen-bond acceptors (Lipinski definition) is 4. The lowest BCUT2D eigenvalue weighted by molar-refractivity contribution is 0.0946. The molecule has 0 spiro atoms. The van der Waals surface area contributed by atoms with Crippen molar-refractivity contribution in [2.45, 2.75) is 45.8 Å². The first-order valence-electron chi connectivity index (χ1n) is 9.52. The first-order valence-corrected chi connectivity index (χ1v) is 9.52. The van der Waals surface area contributed by atoms with E-state index in [1.807, 2.05) is 47.9 Å². The quantitative estimate of drug-likeness (QED) is 0.739. The highest BCUT2D eigenvalue weighted by Gasteiger charge is 2.21. The Bertz CT molecular complexity index is 1070. The van der Waals surface area contributed by atoms with Crippen LogP contribution >= 0.6 is 0 Å². The smallest absolute Gasteiger partial charge is 0.264 e. The molecule has 4 rings (SSSR count). The fourth-order valence-electron chi connectivity index (χ4n) is 3.70. The van der Waals surface area contributed by atoms with Gasteiger partial charge in [-0.3, -0.25) is 9.59 Å². The molecule has 0 fully saturated rings. The first kappa shape index (κ1) is 18.2. The highest BCUT2D eigenvalue weighted by molar-refractivity contribution is 5.95. The number of rotatable bonds is 5. The minimum atomic E-state index is -0.382. The summed E-state index contributed by atoms with van der Waals surface area (Å²) in [6, 6.07) is 11.4. The normalized spacial score (nSPS) is 13.9. The Morgan fingerprint density at radius 1 is 1.21 bits per heavy atom. The number of carbonyl (C=O) groups excluding carboxylic acids is 1. The molecule has 1 unspecified atom stereocenters. The SMILES string of the molecule is Cc1ccn(C(C)c2ccccc2)c(=O)c1C(=O)NCc1nnc2n1CCC2. The zero-order valence-corrected chi connectivity index (χ0v) is 16.1. The van der Waals surface area contributed by atoms with Gasteiger partial charge in [-0.05, 0) is 37.5 Å². The monoisotopic (exact) mass is 377 g/mol. The van der Waals surface area contributed by atoms with Gasteiger partial charge in [-0.2, -0.15) is 0 Å².